The first-order valence-electron chi connectivity index (χ1n) is 12.8. The van der Waals surface area contributed by atoms with Gasteiger partial charge >= 0.3 is 5.91 Å². The molecule has 4 aromatic rings. The van der Waals surface area contributed by atoms with Gasteiger partial charge in [0, 0.05) is 5.56 Å². The number of carbonyl (C=O) groups excluding carboxylic acids is 2. The Bertz CT molecular complexity index is 1580. The van der Waals surface area contributed by atoms with Crippen LogP contribution in [0.25, 0.3) is 16.0 Å². The van der Waals surface area contributed by atoms with E-state index in [0.717, 1.165) is 17.5 Å². The molecule has 1 aliphatic rings. The zero-order chi connectivity index (χ0) is 27.5. The number of aliphatic hydroxyl groups is 1. The molecule has 1 aromatic heterocycles. The summed E-state index contributed by atoms with van der Waals surface area (Å²) in [5, 5.41) is 22.0. The maximum absolute atomic E-state index is 13.5. The van der Waals surface area contributed by atoms with Crippen molar-refractivity contribution in [1.29, 1.82) is 0 Å². The molecule has 0 bridgehead atoms. The quantitative estimate of drug-likeness (QED) is 0.112. The fourth-order valence-electron chi connectivity index (χ4n) is 4.52. The number of thiazole rings is 1. The van der Waals surface area contributed by atoms with Gasteiger partial charge in [0.05, 0.1) is 35.0 Å². The minimum Gasteiger partial charge on any atom is -0.508 e. The summed E-state index contributed by atoms with van der Waals surface area (Å²) in [4.78, 5) is 32.9. The largest absolute Gasteiger partial charge is 0.508 e. The fourth-order valence-corrected chi connectivity index (χ4v) is 5.54. The maximum atomic E-state index is 13.5. The van der Waals surface area contributed by atoms with Crippen LogP contribution in [0.15, 0.2) is 72.3 Å². The third-order valence-corrected chi connectivity index (χ3v) is 7.39. The van der Waals surface area contributed by atoms with Crippen molar-refractivity contribution in [2.45, 2.75) is 32.7 Å². The monoisotopic (exact) mass is 544 g/mol. The average molecular weight is 545 g/mol. The zero-order valence-electron chi connectivity index (χ0n) is 21.6. The van der Waals surface area contributed by atoms with Gasteiger partial charge in [-0.15, -0.1) is 0 Å². The Morgan fingerprint density at radius 2 is 1.79 bits per heavy atom. The molecule has 1 aliphatic heterocycles. The van der Waals surface area contributed by atoms with Gasteiger partial charge in [-0.05, 0) is 61.4 Å². The minimum absolute atomic E-state index is 0.0323. The predicted octanol–water partition coefficient (Wildman–Crippen LogP) is 6.21. The lowest BCUT2D eigenvalue weighted by molar-refractivity contribution is -0.132. The molecule has 1 amide bonds. The summed E-state index contributed by atoms with van der Waals surface area (Å²) in [5.41, 5.74) is 1.36. The Labute approximate surface area is 229 Å². The summed E-state index contributed by atoms with van der Waals surface area (Å²) < 4.78 is 12.2. The number of ether oxygens (including phenoxy) is 2. The molecule has 0 aliphatic carbocycles. The molecule has 200 valence electrons. The normalized spacial score (nSPS) is 16.7. The van der Waals surface area contributed by atoms with Crippen molar-refractivity contribution in [2.24, 2.45) is 0 Å². The van der Waals surface area contributed by atoms with Gasteiger partial charge in [0.2, 0.25) is 0 Å². The van der Waals surface area contributed by atoms with Crippen LogP contribution in [-0.2, 0) is 9.59 Å². The van der Waals surface area contributed by atoms with Gasteiger partial charge in [0.25, 0.3) is 5.78 Å². The number of phenols is 1. The van der Waals surface area contributed by atoms with Crippen molar-refractivity contribution >= 4 is 44.1 Å². The molecule has 39 heavy (non-hydrogen) atoms. The SMILES string of the molecule is CCCCOc1cccc(C(O)=C2C(=O)C(=O)N(c3nc4ccc(OCC)cc4s3)C2c2cccc(O)c2)c1. The number of unbranched alkanes of at least 4 members (excludes halogenated alkanes) is 1. The molecule has 5 rings (SSSR count). The van der Waals surface area contributed by atoms with Crippen LogP contribution in [0.3, 0.4) is 0 Å². The van der Waals surface area contributed by atoms with Gasteiger partial charge in [-0.3, -0.25) is 14.5 Å². The molecule has 1 unspecified atom stereocenters. The molecule has 1 atom stereocenters. The molecule has 3 aromatic carbocycles. The van der Waals surface area contributed by atoms with Crippen molar-refractivity contribution in [1.82, 2.24) is 4.98 Å². The smallest absolute Gasteiger partial charge is 0.301 e. The van der Waals surface area contributed by atoms with Crippen molar-refractivity contribution in [3.63, 3.8) is 0 Å². The highest BCUT2D eigenvalue weighted by Gasteiger charge is 2.48. The van der Waals surface area contributed by atoms with Crippen LogP contribution in [0.5, 0.6) is 17.2 Å². The summed E-state index contributed by atoms with van der Waals surface area (Å²) in [7, 11) is 0. The summed E-state index contributed by atoms with van der Waals surface area (Å²) >= 11 is 1.24. The van der Waals surface area contributed by atoms with E-state index in [1.165, 1.54) is 28.4 Å². The number of fused-ring (bicyclic) bond motifs is 1. The number of hydrogen-bond acceptors (Lipinski definition) is 8. The molecule has 1 fully saturated rings. The lowest BCUT2D eigenvalue weighted by Crippen LogP contribution is -2.29. The van der Waals surface area contributed by atoms with Crippen LogP contribution in [0.2, 0.25) is 0 Å². The molecule has 1 saturated heterocycles. The lowest BCUT2D eigenvalue weighted by Gasteiger charge is -2.23. The van der Waals surface area contributed by atoms with Gasteiger partial charge in [0.15, 0.2) is 5.13 Å². The van der Waals surface area contributed by atoms with Gasteiger partial charge in [-0.25, -0.2) is 4.98 Å². The van der Waals surface area contributed by atoms with Crippen LogP contribution in [-0.4, -0.2) is 40.1 Å². The van der Waals surface area contributed by atoms with E-state index < -0.39 is 17.7 Å². The number of carbonyl (C=O) groups is 2. The summed E-state index contributed by atoms with van der Waals surface area (Å²) in [6.07, 6.45) is 1.86. The highest BCUT2D eigenvalue weighted by Crippen LogP contribution is 2.45. The molecule has 0 spiro atoms. The number of anilines is 1. The first kappa shape index (κ1) is 26.2. The number of aromatic hydroxyl groups is 1. The van der Waals surface area contributed by atoms with Gasteiger partial charge < -0.3 is 19.7 Å². The fraction of sp³-hybridized carbons (Fsp3) is 0.233. The maximum Gasteiger partial charge on any atom is 0.301 e. The second-order valence-corrected chi connectivity index (χ2v) is 10.1. The van der Waals surface area contributed by atoms with Crippen molar-refractivity contribution in [2.75, 3.05) is 18.1 Å². The summed E-state index contributed by atoms with van der Waals surface area (Å²) in [6, 6.07) is 17.5. The standard InChI is InChI=1S/C30H28N2O6S/c1-3-5-14-38-21-11-7-9-19(16-21)27(34)25-26(18-8-6-10-20(33)15-18)32(29(36)28(25)35)30-31-23-13-12-22(37-4-2)17-24(23)39-30/h6-13,15-17,26,33-34H,3-5,14H2,1-2H3. The van der Waals surface area contributed by atoms with Gasteiger partial charge in [-0.1, -0.05) is 48.9 Å². The number of nitrogens with zero attached hydrogens (tertiary/aromatic N) is 2. The number of phenolic OH excluding ortho intramolecular Hbond substituents is 1. The van der Waals surface area contributed by atoms with Crippen molar-refractivity contribution in [3.8, 4) is 17.2 Å². The van der Waals surface area contributed by atoms with E-state index in [1.54, 1.807) is 48.5 Å². The first-order chi connectivity index (χ1) is 18.9. The molecule has 2 N–H and O–H groups in total. The number of aliphatic hydroxyl groups excluding tert-OH is 1. The second-order valence-electron chi connectivity index (χ2n) is 9.05. The number of Topliss-reactive ketones (excluding diaryl/α,β-unsaturated/α-hetero) is 1. The number of benzene rings is 3. The Morgan fingerprint density at radius 1 is 1.00 bits per heavy atom. The molecule has 0 saturated carbocycles. The Kier molecular flexibility index (Phi) is 7.51. The number of aromatic nitrogens is 1. The van der Waals surface area contributed by atoms with E-state index in [4.69, 9.17) is 9.47 Å². The number of amides is 1. The topological polar surface area (TPSA) is 109 Å². The summed E-state index contributed by atoms with van der Waals surface area (Å²) in [6.45, 7) is 4.99. The predicted molar refractivity (Wildman–Crippen MR) is 151 cm³/mol. The number of rotatable bonds is 9. The van der Waals surface area contributed by atoms with E-state index in [1.807, 2.05) is 13.0 Å². The Morgan fingerprint density at radius 3 is 2.56 bits per heavy atom. The molecular formula is C30H28N2O6S. The molecule has 9 heteroatoms. The van der Waals surface area contributed by atoms with E-state index >= 15 is 0 Å². The summed E-state index contributed by atoms with van der Waals surface area (Å²) in [5.74, 6) is -0.795. The third kappa shape index (κ3) is 5.18. The first-order valence-corrected chi connectivity index (χ1v) is 13.6. The molecule has 2 heterocycles. The number of ketones is 1. The third-order valence-electron chi connectivity index (χ3n) is 6.37. The minimum atomic E-state index is -1.01. The van der Waals surface area contributed by atoms with Gasteiger partial charge in [-0.2, -0.15) is 0 Å². The molecular weight excluding hydrogens is 516 g/mol. The number of hydrogen-bond donors (Lipinski definition) is 2. The second kappa shape index (κ2) is 11.2. The van der Waals surface area contributed by atoms with Crippen LogP contribution in [0.4, 0.5) is 5.13 Å². The van der Waals surface area contributed by atoms with Crippen LogP contribution >= 0.6 is 11.3 Å². The van der Waals surface area contributed by atoms with E-state index in [9.17, 15) is 19.8 Å². The van der Waals surface area contributed by atoms with Crippen LogP contribution in [0.1, 0.15) is 43.9 Å². The van der Waals surface area contributed by atoms with Crippen LogP contribution < -0.4 is 14.4 Å². The van der Waals surface area contributed by atoms with Crippen molar-refractivity contribution in [3.05, 3.63) is 83.4 Å². The Balaban J connectivity index is 1.63. The highest BCUT2D eigenvalue weighted by atomic mass is 32.1. The Hall–Kier alpha value is -4.37. The average Bonchev–Trinajstić information content (AvgIpc) is 3.46. The van der Waals surface area contributed by atoms with Crippen molar-refractivity contribution < 1.29 is 29.3 Å². The lowest BCUT2D eigenvalue weighted by atomic mass is 9.95. The van der Waals surface area contributed by atoms with Crippen LogP contribution in [0, 0.1) is 0 Å². The van der Waals surface area contributed by atoms with E-state index in [2.05, 4.69) is 11.9 Å². The van der Waals surface area contributed by atoms with E-state index in [-0.39, 0.29) is 17.1 Å². The van der Waals surface area contributed by atoms with Gasteiger partial charge in [0.1, 0.15) is 23.0 Å². The molecule has 8 nitrogen and oxygen atoms in total. The van der Waals surface area contributed by atoms with E-state index in [0.29, 0.717) is 46.5 Å². The zero-order valence-corrected chi connectivity index (χ0v) is 22.4. The molecule has 0 radical (unpaired) electrons. The highest BCUT2D eigenvalue weighted by molar-refractivity contribution is 7.22.